The lowest BCUT2D eigenvalue weighted by atomic mass is 10.0. The lowest BCUT2D eigenvalue weighted by Crippen LogP contribution is -2.45. The van der Waals surface area contributed by atoms with Crippen molar-refractivity contribution in [2.24, 2.45) is 0 Å². The molecule has 0 spiro atoms. The quantitative estimate of drug-likeness (QED) is 0.0321. The van der Waals surface area contributed by atoms with Crippen LogP contribution in [0.3, 0.4) is 0 Å². The lowest BCUT2D eigenvalue weighted by molar-refractivity contribution is -0.143. The number of carbonyl (C=O) groups excluding carboxylic acids is 2. The topological polar surface area (TPSA) is 95.9 Å². The Morgan fingerprint density at radius 3 is 1.10 bits per heavy atom. The average molecular weight is 971 g/mol. The van der Waals surface area contributed by atoms with E-state index in [0.29, 0.717) is 19.4 Å². The maximum atomic E-state index is 12.4. The lowest BCUT2D eigenvalue weighted by Gasteiger charge is -2.20. The summed E-state index contributed by atoms with van der Waals surface area (Å²) in [5, 5.41) is 23.1. The molecule has 2 unspecified atom stereocenters. The third-order valence-corrected chi connectivity index (χ3v) is 14.2. The predicted octanol–water partition coefficient (Wildman–Crippen LogP) is 19.2. The number of aliphatic hydroxyl groups excluding tert-OH is 2. The van der Waals surface area contributed by atoms with Gasteiger partial charge in [-0.3, -0.25) is 9.59 Å². The molecule has 406 valence electrons. The number of amides is 1. The van der Waals surface area contributed by atoms with Gasteiger partial charge in [-0.2, -0.15) is 0 Å². The molecule has 0 rings (SSSR count). The maximum absolute atomic E-state index is 12.4. The smallest absolute Gasteiger partial charge is 0.305 e. The van der Waals surface area contributed by atoms with E-state index in [1.165, 1.54) is 257 Å². The van der Waals surface area contributed by atoms with Gasteiger partial charge in [0.15, 0.2) is 0 Å². The van der Waals surface area contributed by atoms with E-state index in [-0.39, 0.29) is 18.5 Å². The van der Waals surface area contributed by atoms with Gasteiger partial charge in [0.1, 0.15) is 0 Å². The Morgan fingerprint density at radius 2 is 0.725 bits per heavy atom. The number of allylic oxidation sites excluding steroid dienone is 5. The molecular formula is C63H119NO5. The number of esters is 1. The molecule has 2 atom stereocenters. The fourth-order valence-electron chi connectivity index (χ4n) is 9.43. The second-order valence-corrected chi connectivity index (χ2v) is 21.0. The normalized spacial score (nSPS) is 12.8. The van der Waals surface area contributed by atoms with Crippen LogP contribution in [0.5, 0.6) is 0 Å². The summed E-state index contributed by atoms with van der Waals surface area (Å²) >= 11 is 0. The highest BCUT2D eigenvalue weighted by molar-refractivity contribution is 5.76. The monoisotopic (exact) mass is 970 g/mol. The van der Waals surface area contributed by atoms with Crippen molar-refractivity contribution in [2.75, 3.05) is 13.2 Å². The molecule has 0 bridgehead atoms. The highest BCUT2D eigenvalue weighted by Gasteiger charge is 2.18. The minimum Gasteiger partial charge on any atom is -0.466 e. The minimum absolute atomic E-state index is 0.00999. The molecular weight excluding hydrogens is 851 g/mol. The number of unbranched alkanes of at least 4 members (excludes halogenated alkanes) is 42. The Morgan fingerprint density at radius 1 is 0.406 bits per heavy atom. The van der Waals surface area contributed by atoms with Crippen LogP contribution in [-0.4, -0.2) is 47.4 Å². The molecule has 6 nitrogen and oxygen atoms in total. The van der Waals surface area contributed by atoms with Gasteiger partial charge >= 0.3 is 5.97 Å². The van der Waals surface area contributed by atoms with E-state index in [9.17, 15) is 19.8 Å². The second-order valence-electron chi connectivity index (χ2n) is 21.0. The van der Waals surface area contributed by atoms with Crippen LogP contribution in [0.4, 0.5) is 0 Å². The first-order chi connectivity index (χ1) is 34.0. The molecule has 0 heterocycles. The maximum Gasteiger partial charge on any atom is 0.305 e. The molecule has 0 aromatic rings. The van der Waals surface area contributed by atoms with Gasteiger partial charge in [-0.25, -0.2) is 0 Å². The van der Waals surface area contributed by atoms with Crippen LogP contribution in [-0.2, 0) is 14.3 Å². The number of rotatable bonds is 57. The van der Waals surface area contributed by atoms with E-state index in [0.717, 1.165) is 44.9 Å². The van der Waals surface area contributed by atoms with Crippen molar-refractivity contribution in [3.05, 3.63) is 36.5 Å². The first kappa shape index (κ1) is 67.1. The number of carbonyl (C=O) groups is 2. The fourth-order valence-corrected chi connectivity index (χ4v) is 9.43. The van der Waals surface area contributed by atoms with Crippen LogP contribution in [0.15, 0.2) is 36.5 Å². The summed E-state index contributed by atoms with van der Waals surface area (Å²) in [6, 6.07) is -0.632. The number of nitrogens with one attached hydrogen (secondary N) is 1. The zero-order valence-corrected chi connectivity index (χ0v) is 46.3. The molecule has 0 fully saturated rings. The average Bonchev–Trinajstić information content (AvgIpc) is 3.35. The summed E-state index contributed by atoms with van der Waals surface area (Å²) in [6.45, 7) is 4.91. The Balaban J connectivity index is 3.45. The third kappa shape index (κ3) is 55.2. The van der Waals surface area contributed by atoms with Gasteiger partial charge in [0.05, 0.1) is 25.4 Å². The highest BCUT2D eigenvalue weighted by Crippen LogP contribution is 2.17. The van der Waals surface area contributed by atoms with E-state index < -0.39 is 12.1 Å². The van der Waals surface area contributed by atoms with Gasteiger partial charge in [0.2, 0.25) is 5.91 Å². The first-order valence-electron chi connectivity index (χ1n) is 30.8. The van der Waals surface area contributed by atoms with Crippen LogP contribution in [0.2, 0.25) is 0 Å². The second kappa shape index (κ2) is 58.6. The van der Waals surface area contributed by atoms with Crippen LogP contribution < -0.4 is 5.32 Å². The van der Waals surface area contributed by atoms with Crippen molar-refractivity contribution in [1.82, 2.24) is 5.32 Å². The first-order valence-corrected chi connectivity index (χ1v) is 30.8. The van der Waals surface area contributed by atoms with Gasteiger partial charge < -0.3 is 20.3 Å². The van der Waals surface area contributed by atoms with Gasteiger partial charge in [-0.1, -0.05) is 288 Å². The van der Waals surface area contributed by atoms with E-state index in [2.05, 4.69) is 43.5 Å². The van der Waals surface area contributed by atoms with Crippen LogP contribution in [0.1, 0.15) is 328 Å². The van der Waals surface area contributed by atoms with Gasteiger partial charge in [0, 0.05) is 12.8 Å². The standard InChI is InChI=1S/C63H119NO5/c1-3-5-7-9-11-13-15-17-32-35-39-43-47-51-55-61(66)60(59-65)64-62(67)56-52-48-44-40-36-33-29-27-25-23-21-19-18-20-22-24-26-28-30-34-38-42-46-50-54-58-69-63(68)57-53-49-45-41-37-31-16-14-12-10-8-6-4-2/h19-22,51,55,60-61,65-66H,3-18,23-50,52-54,56-59H2,1-2H3,(H,64,67)/b21-19-,22-20-,55-51+. The molecule has 6 heteroatoms. The molecule has 0 aliphatic carbocycles. The van der Waals surface area contributed by atoms with Gasteiger partial charge in [-0.05, 0) is 64.2 Å². The summed E-state index contributed by atoms with van der Waals surface area (Å²) in [5.74, 6) is -0.0635. The molecule has 0 saturated heterocycles. The van der Waals surface area contributed by atoms with E-state index in [1.54, 1.807) is 6.08 Å². The largest absolute Gasteiger partial charge is 0.466 e. The Bertz CT molecular complexity index is 1120. The number of ether oxygens (including phenoxy) is 1. The van der Waals surface area contributed by atoms with Gasteiger partial charge in [0.25, 0.3) is 0 Å². The Hall–Kier alpha value is -1.92. The molecule has 0 radical (unpaired) electrons. The SMILES string of the molecule is CCCCCCCCCCCCCC/C=C/C(O)C(CO)NC(=O)CCCCCCCCCCC/C=C\C/C=C\CCCCCCCCCCCOC(=O)CCCCCCCCCCCCCCC. The van der Waals surface area contributed by atoms with Crippen molar-refractivity contribution >= 4 is 11.9 Å². The van der Waals surface area contributed by atoms with Gasteiger partial charge in [-0.15, -0.1) is 0 Å². The van der Waals surface area contributed by atoms with Crippen molar-refractivity contribution in [3.8, 4) is 0 Å². The third-order valence-electron chi connectivity index (χ3n) is 14.2. The van der Waals surface area contributed by atoms with E-state index in [1.807, 2.05) is 6.08 Å². The molecule has 0 aliphatic rings. The number of aliphatic hydroxyl groups is 2. The van der Waals surface area contributed by atoms with Crippen molar-refractivity contribution < 1.29 is 24.5 Å². The molecule has 69 heavy (non-hydrogen) atoms. The van der Waals surface area contributed by atoms with E-state index in [4.69, 9.17) is 4.74 Å². The highest BCUT2D eigenvalue weighted by atomic mass is 16.5. The molecule has 3 N–H and O–H groups in total. The molecule has 1 amide bonds. The number of hydrogen-bond donors (Lipinski definition) is 3. The zero-order valence-electron chi connectivity index (χ0n) is 46.3. The Kier molecular flexibility index (Phi) is 57.0. The van der Waals surface area contributed by atoms with Crippen LogP contribution >= 0.6 is 0 Å². The summed E-state index contributed by atoms with van der Waals surface area (Å²) in [6.07, 6.45) is 73.2. The van der Waals surface area contributed by atoms with Crippen LogP contribution in [0.25, 0.3) is 0 Å². The molecule has 0 saturated carbocycles. The minimum atomic E-state index is -0.848. The summed E-state index contributed by atoms with van der Waals surface area (Å²) in [4.78, 5) is 24.5. The fraction of sp³-hybridized carbons (Fsp3) is 0.873. The van der Waals surface area contributed by atoms with Crippen LogP contribution in [0, 0.1) is 0 Å². The predicted molar refractivity (Wildman–Crippen MR) is 301 cm³/mol. The zero-order chi connectivity index (χ0) is 50.0. The number of hydrogen-bond acceptors (Lipinski definition) is 5. The van der Waals surface area contributed by atoms with E-state index >= 15 is 0 Å². The Labute approximate surface area is 430 Å². The summed E-state index contributed by atoms with van der Waals surface area (Å²) in [5.41, 5.74) is 0. The summed E-state index contributed by atoms with van der Waals surface area (Å²) in [7, 11) is 0. The summed E-state index contributed by atoms with van der Waals surface area (Å²) < 4.78 is 5.47. The van der Waals surface area contributed by atoms with Crippen molar-refractivity contribution in [2.45, 2.75) is 341 Å². The van der Waals surface area contributed by atoms with Crippen molar-refractivity contribution in [1.29, 1.82) is 0 Å². The van der Waals surface area contributed by atoms with Crippen molar-refractivity contribution in [3.63, 3.8) is 0 Å². The molecule has 0 aromatic carbocycles. The molecule has 0 aliphatic heterocycles. The molecule has 0 aromatic heterocycles.